The molecule has 2 N–H and O–H groups in total. The number of hydrogen-bond acceptors (Lipinski definition) is 4. The lowest BCUT2D eigenvalue weighted by atomic mass is 10.2. The molecule has 0 aromatic rings. The van der Waals surface area contributed by atoms with Crippen molar-refractivity contribution in [1.29, 1.82) is 5.26 Å². The van der Waals surface area contributed by atoms with Crippen LogP contribution in [0.4, 0.5) is 0 Å². The Morgan fingerprint density at radius 2 is 2.07 bits per heavy atom. The van der Waals surface area contributed by atoms with Gasteiger partial charge in [-0.1, -0.05) is 6.92 Å². The van der Waals surface area contributed by atoms with Gasteiger partial charge in [-0.3, -0.25) is 0 Å². The van der Waals surface area contributed by atoms with Gasteiger partial charge in [-0.05, 0) is 25.3 Å². The third kappa shape index (κ3) is 6.87. The normalized spacial score (nSPS) is 13.5. The first-order valence-electron chi connectivity index (χ1n) is 4.79. The van der Waals surface area contributed by atoms with Gasteiger partial charge in [0, 0.05) is 6.42 Å². The summed E-state index contributed by atoms with van der Waals surface area (Å²) in [6, 6.07) is 1.99. The molecule has 0 spiro atoms. The molecule has 0 aliphatic heterocycles. The van der Waals surface area contributed by atoms with Crippen molar-refractivity contribution < 1.29 is 8.42 Å². The third-order valence-corrected chi connectivity index (χ3v) is 3.92. The number of nitriles is 1. The quantitative estimate of drug-likeness (QED) is 0.637. The number of hydrogen-bond donors (Lipinski definition) is 1. The zero-order chi connectivity index (χ0) is 11.0. The van der Waals surface area contributed by atoms with Gasteiger partial charge in [0.05, 0.1) is 17.6 Å². The van der Waals surface area contributed by atoms with Crippen LogP contribution in [0.3, 0.4) is 0 Å². The van der Waals surface area contributed by atoms with Crippen molar-refractivity contribution in [2.45, 2.75) is 26.2 Å². The van der Waals surface area contributed by atoms with Crippen LogP contribution in [0.2, 0.25) is 0 Å². The number of sulfone groups is 1. The van der Waals surface area contributed by atoms with Crippen molar-refractivity contribution >= 4 is 9.84 Å². The summed E-state index contributed by atoms with van der Waals surface area (Å²) in [5.74, 6) is 0.366. The summed E-state index contributed by atoms with van der Waals surface area (Å²) < 4.78 is 22.8. The zero-order valence-electron chi connectivity index (χ0n) is 8.57. The summed E-state index contributed by atoms with van der Waals surface area (Å²) in [5.41, 5.74) is 5.35. The summed E-state index contributed by atoms with van der Waals surface area (Å²) in [6.07, 6.45) is 1.67. The van der Waals surface area contributed by atoms with Gasteiger partial charge in [-0.25, -0.2) is 8.42 Å². The molecule has 14 heavy (non-hydrogen) atoms. The largest absolute Gasteiger partial charge is 0.330 e. The van der Waals surface area contributed by atoms with Crippen molar-refractivity contribution in [3.63, 3.8) is 0 Å². The second-order valence-electron chi connectivity index (χ2n) is 3.57. The number of nitrogens with two attached hydrogens (primary N) is 1. The highest BCUT2D eigenvalue weighted by atomic mass is 32.2. The summed E-state index contributed by atoms with van der Waals surface area (Å²) >= 11 is 0. The summed E-state index contributed by atoms with van der Waals surface area (Å²) in [4.78, 5) is 0. The van der Waals surface area contributed by atoms with E-state index in [2.05, 4.69) is 0 Å². The van der Waals surface area contributed by atoms with Crippen LogP contribution in [0.1, 0.15) is 26.2 Å². The maximum Gasteiger partial charge on any atom is 0.150 e. The molecule has 1 atom stereocenters. The number of nitrogens with zero attached hydrogens (tertiary/aromatic N) is 1. The van der Waals surface area contributed by atoms with Crippen LogP contribution in [0.5, 0.6) is 0 Å². The second-order valence-corrected chi connectivity index (χ2v) is 5.80. The average molecular weight is 218 g/mol. The first-order chi connectivity index (χ1) is 6.52. The number of rotatable bonds is 7. The van der Waals surface area contributed by atoms with E-state index in [0.717, 1.165) is 0 Å². The van der Waals surface area contributed by atoms with Gasteiger partial charge in [0.25, 0.3) is 0 Å². The SMILES string of the molecule is CC(CN)CS(=O)(=O)CCCCC#N. The second kappa shape index (κ2) is 6.80. The van der Waals surface area contributed by atoms with E-state index in [4.69, 9.17) is 11.0 Å². The molecule has 82 valence electrons. The number of unbranched alkanes of at least 4 members (excludes halogenated alkanes) is 2. The maximum absolute atomic E-state index is 11.4. The molecule has 0 aliphatic rings. The van der Waals surface area contributed by atoms with Crippen molar-refractivity contribution in [3.8, 4) is 6.07 Å². The molecule has 0 amide bonds. The molecule has 4 nitrogen and oxygen atoms in total. The Morgan fingerprint density at radius 3 is 2.57 bits per heavy atom. The predicted octanol–water partition coefficient (Wildman–Crippen LogP) is 0.690. The Kier molecular flexibility index (Phi) is 6.50. The van der Waals surface area contributed by atoms with Crippen molar-refractivity contribution in [1.82, 2.24) is 0 Å². The Bertz CT molecular complexity index is 280. The maximum atomic E-state index is 11.4. The minimum atomic E-state index is -2.96. The van der Waals surface area contributed by atoms with Gasteiger partial charge < -0.3 is 5.73 Å². The Hall–Kier alpha value is -0.600. The lowest BCUT2D eigenvalue weighted by Crippen LogP contribution is -2.22. The van der Waals surface area contributed by atoms with Crippen LogP contribution < -0.4 is 5.73 Å². The van der Waals surface area contributed by atoms with Crippen LogP contribution in [0, 0.1) is 17.2 Å². The highest BCUT2D eigenvalue weighted by molar-refractivity contribution is 7.91. The van der Waals surface area contributed by atoms with Crippen LogP contribution >= 0.6 is 0 Å². The van der Waals surface area contributed by atoms with E-state index in [-0.39, 0.29) is 17.4 Å². The molecule has 1 unspecified atom stereocenters. The molecule has 5 heteroatoms. The minimum Gasteiger partial charge on any atom is -0.330 e. The highest BCUT2D eigenvalue weighted by Gasteiger charge is 2.14. The molecule has 0 aromatic carbocycles. The molecule has 0 fully saturated rings. The lowest BCUT2D eigenvalue weighted by Gasteiger charge is -2.08. The fourth-order valence-corrected chi connectivity index (χ4v) is 2.92. The highest BCUT2D eigenvalue weighted by Crippen LogP contribution is 2.04. The molecular formula is C9H18N2O2S. The lowest BCUT2D eigenvalue weighted by molar-refractivity contribution is 0.570. The van der Waals surface area contributed by atoms with E-state index in [1.807, 2.05) is 13.0 Å². The molecule has 0 radical (unpaired) electrons. The first-order valence-corrected chi connectivity index (χ1v) is 6.61. The molecule has 0 aromatic heterocycles. The predicted molar refractivity (Wildman–Crippen MR) is 56.3 cm³/mol. The van der Waals surface area contributed by atoms with E-state index in [0.29, 0.717) is 25.8 Å². The van der Waals surface area contributed by atoms with Gasteiger partial charge in [0.1, 0.15) is 0 Å². The molecule has 0 aliphatic carbocycles. The average Bonchev–Trinajstić information content (AvgIpc) is 2.12. The van der Waals surface area contributed by atoms with E-state index in [9.17, 15) is 8.42 Å². The van der Waals surface area contributed by atoms with Gasteiger partial charge in [0.2, 0.25) is 0 Å². The molecule has 0 bridgehead atoms. The zero-order valence-corrected chi connectivity index (χ0v) is 9.39. The van der Waals surface area contributed by atoms with Crippen molar-refractivity contribution in [2.24, 2.45) is 11.7 Å². The van der Waals surface area contributed by atoms with Gasteiger partial charge in [-0.2, -0.15) is 5.26 Å². The topological polar surface area (TPSA) is 84.0 Å². The molecule has 0 saturated heterocycles. The van der Waals surface area contributed by atoms with Crippen LogP contribution in [0.15, 0.2) is 0 Å². The molecular weight excluding hydrogens is 200 g/mol. The monoisotopic (exact) mass is 218 g/mol. The Morgan fingerprint density at radius 1 is 1.43 bits per heavy atom. The van der Waals surface area contributed by atoms with Crippen molar-refractivity contribution in [2.75, 3.05) is 18.1 Å². The van der Waals surface area contributed by atoms with Gasteiger partial charge >= 0.3 is 0 Å². The van der Waals surface area contributed by atoms with Gasteiger partial charge in [0.15, 0.2) is 9.84 Å². The van der Waals surface area contributed by atoms with E-state index < -0.39 is 9.84 Å². The Balaban J connectivity index is 3.80. The van der Waals surface area contributed by atoms with E-state index >= 15 is 0 Å². The smallest absolute Gasteiger partial charge is 0.150 e. The molecule has 0 heterocycles. The van der Waals surface area contributed by atoms with Crippen LogP contribution in [-0.4, -0.2) is 26.5 Å². The standard InChI is InChI=1S/C9H18N2O2S/c1-9(7-11)8-14(12,13)6-4-2-3-5-10/h9H,2-4,6-8,11H2,1H3. The van der Waals surface area contributed by atoms with Crippen LogP contribution in [0.25, 0.3) is 0 Å². The molecule has 0 rings (SSSR count). The first kappa shape index (κ1) is 13.4. The minimum absolute atomic E-state index is 0.0240. The van der Waals surface area contributed by atoms with E-state index in [1.54, 1.807) is 0 Å². The van der Waals surface area contributed by atoms with Crippen molar-refractivity contribution in [3.05, 3.63) is 0 Å². The summed E-state index contributed by atoms with van der Waals surface area (Å²) in [6.45, 7) is 2.23. The molecule has 0 saturated carbocycles. The van der Waals surface area contributed by atoms with Crippen LogP contribution in [-0.2, 0) is 9.84 Å². The Labute approximate surface area is 86.0 Å². The summed E-state index contributed by atoms with van der Waals surface area (Å²) in [7, 11) is -2.96. The van der Waals surface area contributed by atoms with Gasteiger partial charge in [-0.15, -0.1) is 0 Å². The fourth-order valence-electron chi connectivity index (χ4n) is 1.11. The summed E-state index contributed by atoms with van der Waals surface area (Å²) in [5, 5.41) is 8.26. The third-order valence-electron chi connectivity index (χ3n) is 1.93. The van der Waals surface area contributed by atoms with E-state index in [1.165, 1.54) is 0 Å². The fraction of sp³-hybridized carbons (Fsp3) is 0.889.